The summed E-state index contributed by atoms with van der Waals surface area (Å²) in [5, 5.41) is 9.59. The number of aliphatic hydroxyl groups is 1. The molecule has 3 rings (SSSR count). The van der Waals surface area contributed by atoms with E-state index in [2.05, 4.69) is 4.74 Å². The highest BCUT2D eigenvalue weighted by Crippen LogP contribution is 2.50. The van der Waals surface area contributed by atoms with Gasteiger partial charge in [0.2, 0.25) is 0 Å². The third-order valence-corrected chi connectivity index (χ3v) is 5.91. The molecule has 1 N–H and O–H groups in total. The van der Waals surface area contributed by atoms with E-state index in [9.17, 15) is 36.2 Å². The number of methoxy groups -OCH3 is 1. The molecule has 210 valence electrons. The van der Waals surface area contributed by atoms with E-state index in [1.54, 1.807) is 24.3 Å². The minimum atomic E-state index is -5.98. The van der Waals surface area contributed by atoms with E-state index >= 15 is 0 Å². The Hall–Kier alpha value is -3.73. The topological polar surface area (TPSA) is 65.0 Å². The highest BCUT2D eigenvalue weighted by Gasteiger charge is 2.71. The van der Waals surface area contributed by atoms with E-state index in [4.69, 9.17) is 9.47 Å². The molecule has 0 aliphatic rings. The Labute approximate surface area is 220 Å². The van der Waals surface area contributed by atoms with Crippen molar-refractivity contribution in [2.75, 3.05) is 13.7 Å². The standard InChI is InChI=1S/C28H26F6O5/c1-37-25(35)16-9-19-7-12-22(13-8-19)38-18-24(17-20-5-3-2-4-6-20)39-23-14-10-21(11-15-23)26(36,27(29,30)31)28(32,33)34/h2-8,10-15,24,36H,9,16-18H2,1H3/t24-/m0/s1. The molecule has 0 aromatic heterocycles. The number of ether oxygens (including phenoxy) is 3. The second-order valence-corrected chi connectivity index (χ2v) is 8.69. The molecule has 0 unspecified atom stereocenters. The summed E-state index contributed by atoms with van der Waals surface area (Å²) in [7, 11) is 1.31. The van der Waals surface area contributed by atoms with Crippen molar-refractivity contribution < 1.29 is 50.5 Å². The molecule has 0 fully saturated rings. The average molecular weight is 556 g/mol. The Kier molecular flexibility index (Phi) is 9.49. The molecule has 0 amide bonds. The summed E-state index contributed by atoms with van der Waals surface area (Å²) in [6.07, 6.45) is -11.6. The quantitative estimate of drug-likeness (QED) is 0.226. The maximum atomic E-state index is 13.2. The molecule has 5 nitrogen and oxygen atoms in total. The highest BCUT2D eigenvalue weighted by molar-refractivity contribution is 5.69. The van der Waals surface area contributed by atoms with Gasteiger partial charge in [0.25, 0.3) is 5.60 Å². The normalized spacial score (nSPS) is 13.0. The zero-order chi connectivity index (χ0) is 28.7. The summed E-state index contributed by atoms with van der Waals surface area (Å²) in [6.45, 7) is 0.00714. The number of hydrogen-bond donors (Lipinski definition) is 1. The van der Waals surface area contributed by atoms with Gasteiger partial charge in [0.15, 0.2) is 0 Å². The van der Waals surface area contributed by atoms with E-state index in [-0.39, 0.29) is 24.7 Å². The van der Waals surface area contributed by atoms with Crippen LogP contribution in [0.5, 0.6) is 11.5 Å². The highest BCUT2D eigenvalue weighted by atomic mass is 19.4. The van der Waals surface area contributed by atoms with Crippen molar-refractivity contribution in [3.8, 4) is 11.5 Å². The lowest BCUT2D eigenvalue weighted by molar-refractivity contribution is -0.376. The maximum Gasteiger partial charge on any atom is 0.430 e. The SMILES string of the molecule is COC(=O)CCc1ccc(OC[C@H](Cc2ccccc2)Oc2ccc(C(O)(C(F)(F)F)C(F)(F)F)cc2)cc1. The van der Waals surface area contributed by atoms with E-state index in [0.717, 1.165) is 23.3 Å². The van der Waals surface area contributed by atoms with Gasteiger partial charge in [-0.3, -0.25) is 4.79 Å². The molecule has 0 aliphatic heterocycles. The van der Waals surface area contributed by atoms with Gasteiger partial charge in [-0.25, -0.2) is 0 Å². The molecular weight excluding hydrogens is 530 g/mol. The molecule has 1 atom stereocenters. The van der Waals surface area contributed by atoms with Crippen LogP contribution in [-0.2, 0) is 28.0 Å². The zero-order valence-corrected chi connectivity index (χ0v) is 20.8. The molecular formula is C28H26F6O5. The molecule has 3 aromatic carbocycles. The number of alkyl halides is 6. The Morgan fingerprint density at radius 2 is 1.36 bits per heavy atom. The number of esters is 1. The Bertz CT molecular complexity index is 1180. The lowest BCUT2D eigenvalue weighted by Crippen LogP contribution is -2.53. The van der Waals surface area contributed by atoms with Crippen molar-refractivity contribution in [1.82, 2.24) is 0 Å². The van der Waals surface area contributed by atoms with Gasteiger partial charge < -0.3 is 19.3 Å². The second-order valence-electron chi connectivity index (χ2n) is 8.69. The number of carbonyl (C=O) groups excluding carboxylic acids is 1. The fourth-order valence-corrected chi connectivity index (χ4v) is 3.76. The molecule has 0 aliphatic carbocycles. The third kappa shape index (κ3) is 7.66. The third-order valence-electron chi connectivity index (χ3n) is 5.91. The van der Waals surface area contributed by atoms with Crippen molar-refractivity contribution in [2.24, 2.45) is 0 Å². The summed E-state index contributed by atoms with van der Waals surface area (Å²) in [5.74, 6) is 0.160. The second kappa shape index (κ2) is 12.4. The lowest BCUT2D eigenvalue weighted by atomic mass is 9.92. The Morgan fingerprint density at radius 1 is 0.795 bits per heavy atom. The molecule has 0 saturated carbocycles. The summed E-state index contributed by atoms with van der Waals surface area (Å²) in [6, 6.07) is 19.0. The molecule has 0 radical (unpaired) electrons. The summed E-state index contributed by atoms with van der Waals surface area (Å²) >= 11 is 0. The van der Waals surface area contributed by atoms with Crippen LogP contribution in [-0.4, -0.2) is 43.2 Å². The number of carbonyl (C=O) groups is 1. The van der Waals surface area contributed by atoms with Crippen LogP contribution in [0, 0.1) is 0 Å². The van der Waals surface area contributed by atoms with Gasteiger partial charge in [-0.2, -0.15) is 26.3 Å². The van der Waals surface area contributed by atoms with Crippen LogP contribution in [0.4, 0.5) is 26.3 Å². The summed E-state index contributed by atoms with van der Waals surface area (Å²) in [5.41, 5.74) is -4.64. The van der Waals surface area contributed by atoms with Gasteiger partial charge >= 0.3 is 18.3 Å². The van der Waals surface area contributed by atoms with Crippen molar-refractivity contribution in [2.45, 2.75) is 43.3 Å². The first kappa shape index (κ1) is 29.8. The fraction of sp³-hybridized carbons (Fsp3) is 0.321. The van der Waals surface area contributed by atoms with Crippen LogP contribution in [0.15, 0.2) is 78.9 Å². The van der Waals surface area contributed by atoms with Crippen molar-refractivity contribution in [3.63, 3.8) is 0 Å². The summed E-state index contributed by atoms with van der Waals surface area (Å²) < 4.78 is 95.4. The fourth-order valence-electron chi connectivity index (χ4n) is 3.76. The van der Waals surface area contributed by atoms with Crippen LogP contribution < -0.4 is 9.47 Å². The molecule has 11 heteroatoms. The van der Waals surface area contributed by atoms with Gasteiger partial charge in [-0.05, 0) is 41.8 Å². The predicted octanol–water partition coefficient (Wildman–Crippen LogP) is 6.17. The van der Waals surface area contributed by atoms with Gasteiger partial charge in [-0.1, -0.05) is 54.6 Å². The molecule has 0 heterocycles. The van der Waals surface area contributed by atoms with Gasteiger partial charge in [-0.15, -0.1) is 0 Å². The predicted molar refractivity (Wildman–Crippen MR) is 129 cm³/mol. The van der Waals surface area contributed by atoms with E-state index in [1.807, 2.05) is 30.3 Å². The Morgan fingerprint density at radius 3 is 1.90 bits per heavy atom. The van der Waals surface area contributed by atoms with Crippen LogP contribution in [0.1, 0.15) is 23.1 Å². The molecule has 39 heavy (non-hydrogen) atoms. The molecule has 0 bridgehead atoms. The first-order valence-electron chi connectivity index (χ1n) is 11.8. The van der Waals surface area contributed by atoms with Crippen molar-refractivity contribution in [3.05, 3.63) is 95.6 Å². The van der Waals surface area contributed by atoms with Gasteiger partial charge in [0.1, 0.15) is 24.2 Å². The van der Waals surface area contributed by atoms with E-state index in [1.165, 1.54) is 7.11 Å². The first-order chi connectivity index (χ1) is 18.3. The average Bonchev–Trinajstić information content (AvgIpc) is 2.90. The van der Waals surface area contributed by atoms with Crippen molar-refractivity contribution >= 4 is 5.97 Å². The zero-order valence-electron chi connectivity index (χ0n) is 20.8. The number of hydrogen-bond acceptors (Lipinski definition) is 5. The van der Waals surface area contributed by atoms with Crippen LogP contribution >= 0.6 is 0 Å². The van der Waals surface area contributed by atoms with Crippen LogP contribution in [0.2, 0.25) is 0 Å². The first-order valence-corrected chi connectivity index (χ1v) is 11.8. The Balaban J connectivity index is 1.73. The maximum absolute atomic E-state index is 13.2. The number of rotatable bonds is 11. The molecule has 0 spiro atoms. The van der Waals surface area contributed by atoms with Crippen LogP contribution in [0.3, 0.4) is 0 Å². The van der Waals surface area contributed by atoms with Gasteiger partial charge in [0.05, 0.1) is 7.11 Å². The van der Waals surface area contributed by atoms with E-state index in [0.29, 0.717) is 30.7 Å². The largest absolute Gasteiger partial charge is 0.490 e. The minimum Gasteiger partial charge on any atom is -0.490 e. The smallest absolute Gasteiger partial charge is 0.430 e. The lowest BCUT2D eigenvalue weighted by Gasteiger charge is -2.32. The number of halogens is 6. The number of aryl methyl sites for hydroxylation is 1. The van der Waals surface area contributed by atoms with Crippen molar-refractivity contribution in [1.29, 1.82) is 0 Å². The monoisotopic (exact) mass is 556 g/mol. The number of benzene rings is 3. The van der Waals surface area contributed by atoms with E-state index < -0.39 is 29.6 Å². The molecule has 3 aromatic rings. The summed E-state index contributed by atoms with van der Waals surface area (Å²) in [4.78, 5) is 11.3. The molecule has 0 saturated heterocycles. The van der Waals surface area contributed by atoms with Crippen LogP contribution in [0.25, 0.3) is 0 Å². The van der Waals surface area contributed by atoms with Gasteiger partial charge in [0, 0.05) is 18.4 Å². The minimum absolute atomic E-state index is 0.00635.